The number of hydrogen-bond donors (Lipinski definition) is 2. The van der Waals surface area contributed by atoms with Gasteiger partial charge in [0.15, 0.2) is 5.79 Å². The van der Waals surface area contributed by atoms with Gasteiger partial charge in [0.1, 0.15) is 5.82 Å². The zero-order valence-corrected chi connectivity index (χ0v) is 14.7. The van der Waals surface area contributed by atoms with Crippen LogP contribution in [0.4, 0.5) is 0 Å². The molecule has 0 aromatic rings. The summed E-state index contributed by atoms with van der Waals surface area (Å²) in [6, 6.07) is 0. The van der Waals surface area contributed by atoms with E-state index in [1.807, 2.05) is 0 Å². The van der Waals surface area contributed by atoms with Gasteiger partial charge >= 0.3 is 0 Å². The normalized spacial score (nSPS) is 26.0. The first-order valence-corrected chi connectivity index (χ1v) is 8.85. The van der Waals surface area contributed by atoms with Crippen molar-refractivity contribution >= 4 is 0 Å². The number of nitrogens with zero attached hydrogens (tertiary/aromatic N) is 3. The van der Waals surface area contributed by atoms with Crippen LogP contribution in [0.25, 0.3) is 0 Å². The number of hydrogen-bond acceptors (Lipinski definition) is 5. The second-order valence-electron chi connectivity index (χ2n) is 5.84. The Kier molecular flexibility index (Phi) is 6.29. The van der Waals surface area contributed by atoms with E-state index >= 15 is 0 Å². The maximum atomic E-state index is 3.86. The third-order valence-electron chi connectivity index (χ3n) is 4.84. The standard InChI is InChI=1S/C17H33N5/c1-5-20(6-2)16-10-9-11-17(19-16,21(7-3)8-4)22-14-12-18-13-15-22/h9-11,18-19H,5-8,12-15H2,1-4H3. The highest BCUT2D eigenvalue weighted by Gasteiger charge is 2.41. The van der Waals surface area contributed by atoms with Crippen LogP contribution in [-0.2, 0) is 0 Å². The number of nitrogens with one attached hydrogen (secondary N) is 2. The van der Waals surface area contributed by atoms with Crippen LogP contribution in [0.15, 0.2) is 24.0 Å². The minimum Gasteiger partial charge on any atom is -0.359 e. The van der Waals surface area contributed by atoms with Gasteiger partial charge in [-0.15, -0.1) is 0 Å². The van der Waals surface area contributed by atoms with E-state index in [9.17, 15) is 0 Å². The number of rotatable bonds is 7. The maximum absolute atomic E-state index is 3.86. The Labute approximate surface area is 136 Å². The molecule has 5 nitrogen and oxygen atoms in total. The Morgan fingerprint density at radius 3 is 2.23 bits per heavy atom. The summed E-state index contributed by atoms with van der Waals surface area (Å²) in [4.78, 5) is 7.48. The van der Waals surface area contributed by atoms with E-state index in [2.05, 4.69) is 71.3 Å². The Balaban J connectivity index is 2.29. The van der Waals surface area contributed by atoms with Crippen molar-refractivity contribution in [2.24, 2.45) is 0 Å². The lowest BCUT2D eigenvalue weighted by Crippen LogP contribution is -2.71. The molecule has 0 saturated carbocycles. The molecule has 1 unspecified atom stereocenters. The first kappa shape index (κ1) is 17.3. The van der Waals surface area contributed by atoms with Gasteiger partial charge in [-0.25, -0.2) is 0 Å². The highest BCUT2D eigenvalue weighted by molar-refractivity contribution is 5.24. The largest absolute Gasteiger partial charge is 0.359 e. The molecule has 5 heteroatoms. The SMILES string of the molecule is CCN(CC)C1=CC=CC(N(CC)CC)(N2CCNCC2)N1. The predicted octanol–water partition coefficient (Wildman–Crippen LogP) is 1.23. The number of allylic oxidation sites excluding steroid dienone is 2. The van der Waals surface area contributed by atoms with E-state index in [1.165, 1.54) is 5.82 Å². The molecular formula is C17H33N5. The van der Waals surface area contributed by atoms with E-state index < -0.39 is 0 Å². The Hall–Kier alpha value is -1.04. The van der Waals surface area contributed by atoms with Gasteiger partial charge < -0.3 is 15.5 Å². The van der Waals surface area contributed by atoms with Gasteiger partial charge in [-0.2, -0.15) is 0 Å². The average molecular weight is 307 g/mol. The molecule has 0 aliphatic carbocycles. The van der Waals surface area contributed by atoms with Crippen LogP contribution in [0, 0.1) is 0 Å². The molecule has 2 aliphatic heterocycles. The van der Waals surface area contributed by atoms with Crippen molar-refractivity contribution in [3.63, 3.8) is 0 Å². The molecule has 1 saturated heterocycles. The highest BCUT2D eigenvalue weighted by Crippen LogP contribution is 2.25. The summed E-state index contributed by atoms with van der Waals surface area (Å²) >= 11 is 0. The maximum Gasteiger partial charge on any atom is 0.170 e. The van der Waals surface area contributed by atoms with Crippen LogP contribution in [0.3, 0.4) is 0 Å². The van der Waals surface area contributed by atoms with Gasteiger partial charge in [-0.1, -0.05) is 19.9 Å². The summed E-state index contributed by atoms with van der Waals surface area (Å²) in [5, 5.41) is 7.33. The Bertz CT molecular complexity index is 392. The van der Waals surface area contributed by atoms with Crippen LogP contribution >= 0.6 is 0 Å². The van der Waals surface area contributed by atoms with Crippen molar-refractivity contribution in [3.05, 3.63) is 24.0 Å². The molecule has 0 aromatic heterocycles. The molecule has 126 valence electrons. The van der Waals surface area contributed by atoms with Gasteiger partial charge in [0.25, 0.3) is 0 Å². The molecule has 0 spiro atoms. The quantitative estimate of drug-likeness (QED) is 0.739. The van der Waals surface area contributed by atoms with Crippen LogP contribution in [0.2, 0.25) is 0 Å². The van der Waals surface area contributed by atoms with Gasteiger partial charge in [0.05, 0.1) is 0 Å². The Morgan fingerprint density at radius 2 is 1.68 bits per heavy atom. The van der Waals surface area contributed by atoms with E-state index in [4.69, 9.17) is 0 Å². The molecule has 2 aliphatic rings. The minimum atomic E-state index is -0.196. The topological polar surface area (TPSA) is 33.8 Å². The summed E-state index contributed by atoms with van der Waals surface area (Å²) in [5.74, 6) is 1.04. The molecule has 0 amide bonds. The highest BCUT2D eigenvalue weighted by atomic mass is 15.5. The molecule has 2 rings (SSSR count). The fourth-order valence-corrected chi connectivity index (χ4v) is 3.57. The lowest BCUT2D eigenvalue weighted by molar-refractivity contribution is -0.0488. The summed E-state index contributed by atoms with van der Waals surface area (Å²) < 4.78 is 0. The summed E-state index contributed by atoms with van der Waals surface area (Å²) in [6.45, 7) is 17.3. The van der Waals surface area contributed by atoms with Crippen molar-refractivity contribution in [2.75, 3.05) is 52.4 Å². The summed E-state index contributed by atoms with van der Waals surface area (Å²) in [5.41, 5.74) is 0. The van der Waals surface area contributed by atoms with Crippen LogP contribution in [0.1, 0.15) is 27.7 Å². The molecule has 1 fully saturated rings. The van der Waals surface area contributed by atoms with Gasteiger partial charge in [0.2, 0.25) is 0 Å². The smallest absolute Gasteiger partial charge is 0.170 e. The van der Waals surface area contributed by atoms with E-state index in [-0.39, 0.29) is 5.79 Å². The fourth-order valence-electron chi connectivity index (χ4n) is 3.57. The molecule has 22 heavy (non-hydrogen) atoms. The predicted molar refractivity (Wildman–Crippen MR) is 93.4 cm³/mol. The van der Waals surface area contributed by atoms with Gasteiger partial charge in [0, 0.05) is 39.3 Å². The second-order valence-corrected chi connectivity index (χ2v) is 5.84. The molecule has 2 heterocycles. The average Bonchev–Trinajstić information content (AvgIpc) is 2.58. The lowest BCUT2D eigenvalue weighted by Gasteiger charge is -2.53. The van der Waals surface area contributed by atoms with Crippen molar-refractivity contribution in [1.82, 2.24) is 25.3 Å². The number of likely N-dealkylation sites (N-methyl/N-ethyl adjacent to an activating group) is 1. The second kappa shape index (κ2) is 7.99. The molecule has 0 aromatic carbocycles. The Morgan fingerprint density at radius 1 is 1.05 bits per heavy atom. The van der Waals surface area contributed by atoms with Gasteiger partial charge in [-0.05, 0) is 39.1 Å². The fraction of sp³-hybridized carbons (Fsp3) is 0.765. The summed E-state index contributed by atoms with van der Waals surface area (Å²) in [6.07, 6.45) is 6.76. The molecule has 1 atom stereocenters. The van der Waals surface area contributed by atoms with Crippen LogP contribution in [0.5, 0.6) is 0 Å². The van der Waals surface area contributed by atoms with Gasteiger partial charge in [-0.3, -0.25) is 9.80 Å². The third-order valence-corrected chi connectivity index (χ3v) is 4.84. The molecule has 2 N–H and O–H groups in total. The van der Waals surface area contributed by atoms with Crippen molar-refractivity contribution in [1.29, 1.82) is 0 Å². The van der Waals surface area contributed by atoms with Crippen LogP contribution in [-0.4, -0.2) is 72.8 Å². The van der Waals surface area contributed by atoms with Crippen molar-refractivity contribution in [2.45, 2.75) is 33.5 Å². The lowest BCUT2D eigenvalue weighted by atomic mass is 10.1. The first-order valence-electron chi connectivity index (χ1n) is 8.85. The van der Waals surface area contributed by atoms with Crippen molar-refractivity contribution in [3.8, 4) is 0 Å². The monoisotopic (exact) mass is 307 g/mol. The molecule has 0 bridgehead atoms. The van der Waals surface area contributed by atoms with E-state index in [0.717, 1.165) is 52.4 Å². The molecule has 0 radical (unpaired) electrons. The van der Waals surface area contributed by atoms with Crippen molar-refractivity contribution < 1.29 is 0 Å². The number of piperazine rings is 1. The molecular weight excluding hydrogens is 274 g/mol. The van der Waals surface area contributed by atoms with E-state index in [1.54, 1.807) is 0 Å². The van der Waals surface area contributed by atoms with E-state index in [0.29, 0.717) is 0 Å². The zero-order valence-electron chi connectivity index (χ0n) is 14.7. The first-order chi connectivity index (χ1) is 10.7. The summed E-state index contributed by atoms with van der Waals surface area (Å²) in [7, 11) is 0. The zero-order chi connectivity index (χ0) is 16.0. The van der Waals surface area contributed by atoms with Crippen LogP contribution < -0.4 is 10.6 Å². The minimum absolute atomic E-state index is 0.196. The number of dihydropyridines is 1. The third kappa shape index (κ3) is 3.31.